The van der Waals surface area contributed by atoms with E-state index in [-0.39, 0.29) is 38.4 Å². The molecule has 0 bridgehead atoms. The van der Waals surface area contributed by atoms with Crippen LogP contribution in [0.3, 0.4) is 0 Å². The first-order valence-corrected chi connectivity index (χ1v) is 12.3. The van der Waals surface area contributed by atoms with Gasteiger partial charge in [0.2, 0.25) is 16.0 Å². The number of anilines is 3. The molecule has 36 heavy (non-hydrogen) atoms. The number of nitrogens with two attached hydrogens (primary N) is 2. The third kappa shape index (κ3) is 8.86. The Morgan fingerprint density at radius 2 is 1.50 bits per heavy atom. The minimum Gasteiger partial charge on any atom is -0.478 e. The van der Waals surface area contributed by atoms with Gasteiger partial charge in [-0.1, -0.05) is 54.1 Å². The van der Waals surface area contributed by atoms with Crippen molar-refractivity contribution in [3.05, 3.63) is 81.4 Å². The third-order valence-electron chi connectivity index (χ3n) is 4.23. The zero-order chi connectivity index (χ0) is 24.2. The number of fused-ring (bicyclic) bond motifs is 1. The highest BCUT2D eigenvalue weighted by molar-refractivity contribution is 9.10. The Balaban J connectivity index is 0.000000754. The molecular weight excluding hydrogens is 614 g/mol. The number of carboxylic acid groups (broad SMARTS) is 1. The van der Waals surface area contributed by atoms with Gasteiger partial charge in [-0.2, -0.15) is 0 Å². The van der Waals surface area contributed by atoms with E-state index in [0.29, 0.717) is 16.1 Å². The Hall–Kier alpha value is -3.06. The highest BCUT2D eigenvalue weighted by Crippen LogP contribution is 2.21. The number of sulfonamides is 1. The van der Waals surface area contributed by atoms with Crippen LogP contribution in [0.1, 0.15) is 32.6 Å². The molecule has 194 valence electrons. The van der Waals surface area contributed by atoms with Crippen LogP contribution in [0.15, 0.2) is 80.7 Å². The van der Waals surface area contributed by atoms with Crippen LogP contribution in [-0.2, 0) is 10.0 Å². The lowest BCUT2D eigenvalue weighted by Crippen LogP contribution is -2.11. The molecule has 0 atom stereocenters. The predicted molar refractivity (Wildman–Crippen MR) is 154 cm³/mol. The van der Waals surface area contributed by atoms with Crippen LogP contribution >= 0.6 is 31.9 Å². The number of hydrogen-bond donors (Lipinski definition) is 4. The number of nitrogen functional groups attached to an aromatic ring is 1. The molecule has 9 nitrogen and oxygen atoms in total. The molecule has 1 heterocycles. The molecule has 0 radical (unpaired) electrons. The summed E-state index contributed by atoms with van der Waals surface area (Å²) in [6, 6.07) is 16.5. The number of nitrogens with one attached hydrogen (secondary N) is 1. The molecule has 4 aromatic rings. The van der Waals surface area contributed by atoms with E-state index in [1.165, 1.54) is 18.2 Å². The van der Waals surface area contributed by atoms with E-state index in [9.17, 15) is 13.2 Å². The van der Waals surface area contributed by atoms with Crippen molar-refractivity contribution >= 4 is 76.1 Å². The van der Waals surface area contributed by atoms with Crippen molar-refractivity contribution in [3.8, 4) is 0 Å². The van der Waals surface area contributed by atoms with E-state index in [4.69, 9.17) is 16.0 Å². The lowest BCUT2D eigenvalue weighted by molar-refractivity contribution is 0.0698. The van der Waals surface area contributed by atoms with Gasteiger partial charge >= 0.3 is 5.97 Å². The fraction of sp³-hybridized carbons (Fsp3) is 0.125. The normalized spacial score (nSPS) is 9.97. The van der Waals surface area contributed by atoms with E-state index in [1.807, 2.05) is 18.2 Å². The van der Waals surface area contributed by atoms with Gasteiger partial charge in [-0.05, 0) is 60.7 Å². The van der Waals surface area contributed by atoms with E-state index < -0.39 is 16.0 Å². The fourth-order valence-electron chi connectivity index (χ4n) is 2.64. The number of benzene rings is 3. The van der Waals surface area contributed by atoms with Gasteiger partial charge in [0.15, 0.2) is 0 Å². The number of carboxylic acids is 1. The summed E-state index contributed by atoms with van der Waals surface area (Å²) < 4.78 is 24.1. The molecule has 0 saturated carbocycles. The van der Waals surface area contributed by atoms with Crippen LogP contribution in [-0.4, -0.2) is 29.5 Å². The van der Waals surface area contributed by atoms with Crippen LogP contribution in [0, 0.1) is 0 Å². The number of primary sulfonamides is 1. The molecule has 4 rings (SSSR count). The Morgan fingerprint density at radius 1 is 0.917 bits per heavy atom. The molecule has 0 unspecified atom stereocenters. The maximum atomic E-state index is 11.2. The van der Waals surface area contributed by atoms with Crippen molar-refractivity contribution in [2.75, 3.05) is 11.1 Å². The van der Waals surface area contributed by atoms with Crippen LogP contribution in [0.4, 0.5) is 17.3 Å². The molecule has 1 aromatic heterocycles. The van der Waals surface area contributed by atoms with E-state index in [2.05, 4.69) is 47.1 Å². The van der Waals surface area contributed by atoms with Crippen molar-refractivity contribution in [2.45, 2.75) is 27.2 Å². The van der Waals surface area contributed by atoms with Crippen LogP contribution < -0.4 is 16.2 Å². The first kappa shape index (κ1) is 32.9. The van der Waals surface area contributed by atoms with Gasteiger partial charge in [-0.15, -0.1) is 0 Å². The molecule has 0 amide bonds. The number of nitrogens with zero attached hydrogens (tertiary/aromatic N) is 2. The summed E-state index contributed by atoms with van der Waals surface area (Å²) in [5.41, 5.74) is 7.27. The van der Waals surface area contributed by atoms with Crippen molar-refractivity contribution in [3.63, 3.8) is 0 Å². The van der Waals surface area contributed by atoms with Crippen molar-refractivity contribution < 1.29 is 18.3 Å². The number of rotatable bonds is 4. The summed E-state index contributed by atoms with van der Waals surface area (Å²) in [5.74, 6) is -0.582. The summed E-state index contributed by atoms with van der Waals surface area (Å²) in [5, 5.41) is 17.6. The first-order valence-electron chi connectivity index (χ1n) is 9.13. The van der Waals surface area contributed by atoms with Gasteiger partial charge in [-0.25, -0.2) is 28.3 Å². The Morgan fingerprint density at radius 3 is 2.06 bits per heavy atom. The molecule has 3 aromatic carbocycles. The van der Waals surface area contributed by atoms with Gasteiger partial charge in [0.05, 0.1) is 16.0 Å². The van der Waals surface area contributed by atoms with Crippen molar-refractivity contribution in [1.29, 1.82) is 0 Å². The maximum absolute atomic E-state index is 11.2. The van der Waals surface area contributed by atoms with Crippen LogP contribution in [0.5, 0.6) is 0 Å². The van der Waals surface area contributed by atoms with Crippen molar-refractivity contribution in [2.24, 2.45) is 5.14 Å². The molecule has 0 aliphatic rings. The van der Waals surface area contributed by atoms with Crippen LogP contribution in [0.25, 0.3) is 10.9 Å². The minimum atomic E-state index is -3.69. The molecule has 6 N–H and O–H groups in total. The monoisotopic (exact) mass is 641 g/mol. The van der Waals surface area contributed by atoms with Crippen LogP contribution in [0.2, 0.25) is 0 Å². The number of aromatic nitrogens is 2. The quantitative estimate of drug-likeness (QED) is 0.185. The lowest BCUT2D eigenvalue weighted by Gasteiger charge is -2.06. The second-order valence-electron chi connectivity index (χ2n) is 6.63. The van der Waals surface area contributed by atoms with Gasteiger partial charge in [0.25, 0.3) is 0 Å². The summed E-state index contributed by atoms with van der Waals surface area (Å²) in [6.07, 6.45) is 1.72. The molecule has 0 aliphatic heterocycles. The van der Waals surface area contributed by atoms with Crippen molar-refractivity contribution in [1.82, 2.24) is 9.97 Å². The number of carbonyl (C=O) groups is 1. The first-order chi connectivity index (χ1) is 15.5. The molecule has 0 spiro atoms. The average Bonchev–Trinajstić information content (AvgIpc) is 2.75. The average molecular weight is 643 g/mol. The fourth-order valence-corrected chi connectivity index (χ4v) is 3.89. The number of aromatic carboxylic acids is 1. The zero-order valence-electron chi connectivity index (χ0n) is 16.7. The van der Waals surface area contributed by atoms with E-state index in [1.54, 1.807) is 30.5 Å². The second-order valence-corrected chi connectivity index (χ2v) is 10.0. The highest BCUT2D eigenvalue weighted by Gasteiger charge is 2.08. The molecular formula is C24H29Br2N5O4S. The van der Waals surface area contributed by atoms with E-state index >= 15 is 0 Å². The summed E-state index contributed by atoms with van der Waals surface area (Å²) >= 11 is 6.54. The molecule has 12 heteroatoms. The molecule has 0 aliphatic carbocycles. The third-order valence-corrected chi connectivity index (χ3v) is 6.14. The Labute approximate surface area is 228 Å². The highest BCUT2D eigenvalue weighted by atomic mass is 79.9. The summed E-state index contributed by atoms with van der Waals surface area (Å²) in [4.78, 5) is 19.2. The predicted octanol–water partition coefficient (Wildman–Crippen LogP) is 6.42. The number of halogens is 2. The van der Waals surface area contributed by atoms with Gasteiger partial charge in [0, 0.05) is 31.9 Å². The summed E-state index contributed by atoms with van der Waals surface area (Å²) in [7, 11) is -3.69. The Bertz CT molecular complexity index is 1430. The SMILES string of the molecule is C.C.C.NS(=O)(=O)c1ccc(Nc2ncc3cc(Br)ccc3n2)cc1.Nc1ccc(Br)cc1C(=O)O. The van der Waals surface area contributed by atoms with Gasteiger partial charge in [-0.3, -0.25) is 0 Å². The maximum Gasteiger partial charge on any atom is 0.337 e. The largest absolute Gasteiger partial charge is 0.478 e. The smallest absolute Gasteiger partial charge is 0.337 e. The second kappa shape index (κ2) is 13.9. The standard InChI is InChI=1S/C14H11BrN4O2S.C7H6BrNO2.3CH4/c15-10-1-6-13-9(7-10)8-17-14(19-13)18-11-2-4-12(5-3-11)22(16,20)21;8-4-1-2-6(9)5(3-4)7(10)11;;;/h1-8H,(H2,16,20,21)(H,17,18,19);1-3H,9H2,(H,10,11);3*1H4. The molecule has 0 fully saturated rings. The number of hydrogen-bond acceptors (Lipinski definition) is 7. The summed E-state index contributed by atoms with van der Waals surface area (Å²) in [6.45, 7) is 0. The minimum absolute atomic E-state index is 0. The Kier molecular flexibility index (Phi) is 12.7. The van der Waals surface area contributed by atoms with E-state index in [0.717, 1.165) is 15.4 Å². The zero-order valence-corrected chi connectivity index (χ0v) is 20.7. The topological polar surface area (TPSA) is 161 Å². The lowest BCUT2D eigenvalue weighted by atomic mass is 10.2. The van der Waals surface area contributed by atoms with Gasteiger partial charge in [0.1, 0.15) is 0 Å². The van der Waals surface area contributed by atoms with Gasteiger partial charge < -0.3 is 16.2 Å². The molecule has 0 saturated heterocycles.